The lowest BCUT2D eigenvalue weighted by atomic mass is 10.1. The minimum absolute atomic E-state index is 0.0587. The van der Waals surface area contributed by atoms with Gasteiger partial charge in [0.05, 0.1) is 22.6 Å². The van der Waals surface area contributed by atoms with E-state index in [1.807, 2.05) is 54.3 Å². The average molecular weight is 533 g/mol. The summed E-state index contributed by atoms with van der Waals surface area (Å²) >= 11 is 9.35. The third-order valence-corrected chi connectivity index (χ3v) is 6.59. The van der Waals surface area contributed by atoms with Crippen LogP contribution in [-0.2, 0) is 4.79 Å². The molecule has 5 nitrogen and oxygen atoms in total. The summed E-state index contributed by atoms with van der Waals surface area (Å²) in [7, 11) is 0. The number of unbranched alkanes of at least 4 members (excludes halogenated alkanes) is 2. The van der Waals surface area contributed by atoms with E-state index in [9.17, 15) is 9.59 Å². The molecule has 0 radical (unpaired) electrons. The van der Waals surface area contributed by atoms with Gasteiger partial charge in [-0.25, -0.2) is 4.98 Å². The first-order chi connectivity index (χ1) is 16.0. The standard InChI is InChI=1S/C26H31BrClN3O2/c1-3-5-8-18-30(24(32)12-9-17-28)23(4-2)25-29-22-11-7-6-10-21(22)26(33)31(25)20-15-13-19(27)14-16-20/h6-7,10-11,13-16,23H,3-5,8-9,12,17-18H2,1-2H3. The van der Waals surface area contributed by atoms with Gasteiger partial charge in [-0.05, 0) is 55.7 Å². The van der Waals surface area contributed by atoms with Crippen LogP contribution in [0.5, 0.6) is 0 Å². The smallest absolute Gasteiger partial charge is 0.266 e. The fourth-order valence-corrected chi connectivity index (χ4v) is 4.50. The van der Waals surface area contributed by atoms with Crippen molar-refractivity contribution in [1.82, 2.24) is 14.5 Å². The Kier molecular flexibility index (Phi) is 9.51. The van der Waals surface area contributed by atoms with Gasteiger partial charge < -0.3 is 4.90 Å². The molecule has 3 rings (SSSR count). The number of halogens is 2. The number of rotatable bonds is 11. The molecule has 0 N–H and O–H groups in total. The summed E-state index contributed by atoms with van der Waals surface area (Å²) in [6.07, 6.45) is 4.70. The van der Waals surface area contributed by atoms with Crippen molar-refractivity contribution in [1.29, 1.82) is 0 Å². The van der Waals surface area contributed by atoms with E-state index in [0.717, 1.165) is 29.4 Å². The van der Waals surface area contributed by atoms with E-state index in [-0.39, 0.29) is 17.5 Å². The zero-order valence-electron chi connectivity index (χ0n) is 19.3. The van der Waals surface area contributed by atoms with E-state index in [4.69, 9.17) is 16.6 Å². The monoisotopic (exact) mass is 531 g/mol. The van der Waals surface area contributed by atoms with E-state index in [2.05, 4.69) is 22.9 Å². The number of carbonyl (C=O) groups is 1. The summed E-state index contributed by atoms with van der Waals surface area (Å²) in [6, 6.07) is 14.7. The average Bonchev–Trinajstić information content (AvgIpc) is 2.83. The third kappa shape index (κ3) is 6.04. The van der Waals surface area contributed by atoms with Crippen molar-refractivity contribution in [3.05, 3.63) is 69.2 Å². The van der Waals surface area contributed by atoms with Crippen molar-refractivity contribution >= 4 is 44.3 Å². The lowest BCUT2D eigenvalue weighted by molar-refractivity contribution is -0.134. The molecule has 0 saturated heterocycles. The lowest BCUT2D eigenvalue weighted by Crippen LogP contribution is -2.39. The molecule has 0 bridgehead atoms. The van der Waals surface area contributed by atoms with Crippen LogP contribution >= 0.6 is 27.5 Å². The molecule has 0 aliphatic rings. The fraction of sp³-hybridized carbons (Fsp3) is 0.423. The normalized spacial score (nSPS) is 12.1. The highest BCUT2D eigenvalue weighted by atomic mass is 79.9. The van der Waals surface area contributed by atoms with Crippen LogP contribution in [0.2, 0.25) is 0 Å². The molecule has 1 amide bonds. The van der Waals surface area contributed by atoms with Crippen molar-refractivity contribution in [3.8, 4) is 5.69 Å². The fourth-order valence-electron chi connectivity index (χ4n) is 4.10. The molecule has 176 valence electrons. The SMILES string of the molecule is CCCCCN(C(=O)CCCCl)C(CC)c1nc2ccccc2c(=O)n1-c1ccc(Br)cc1. The number of hydrogen-bond acceptors (Lipinski definition) is 3. The van der Waals surface area contributed by atoms with Gasteiger partial charge in [0.1, 0.15) is 5.82 Å². The van der Waals surface area contributed by atoms with Gasteiger partial charge in [0.2, 0.25) is 5.91 Å². The molecule has 1 aromatic heterocycles. The van der Waals surface area contributed by atoms with Crippen molar-refractivity contribution < 1.29 is 4.79 Å². The highest BCUT2D eigenvalue weighted by molar-refractivity contribution is 9.10. The molecular formula is C26H31BrClN3O2. The second kappa shape index (κ2) is 12.3. The van der Waals surface area contributed by atoms with Gasteiger partial charge >= 0.3 is 0 Å². The van der Waals surface area contributed by atoms with Gasteiger partial charge in [-0.2, -0.15) is 0 Å². The quantitative estimate of drug-likeness (QED) is 0.205. The number of aromatic nitrogens is 2. The van der Waals surface area contributed by atoms with Gasteiger partial charge in [0, 0.05) is 23.3 Å². The van der Waals surface area contributed by atoms with Gasteiger partial charge in [-0.1, -0.05) is 54.8 Å². The number of alkyl halides is 1. The first-order valence-corrected chi connectivity index (χ1v) is 13.0. The molecule has 7 heteroatoms. The van der Waals surface area contributed by atoms with Gasteiger partial charge in [0.15, 0.2) is 0 Å². The minimum atomic E-state index is -0.314. The Morgan fingerprint density at radius 3 is 2.48 bits per heavy atom. The zero-order valence-corrected chi connectivity index (χ0v) is 21.6. The summed E-state index contributed by atoms with van der Waals surface area (Å²) in [6.45, 7) is 4.82. The van der Waals surface area contributed by atoms with Crippen LogP contribution in [-0.4, -0.2) is 32.8 Å². The highest BCUT2D eigenvalue weighted by Gasteiger charge is 2.28. The van der Waals surface area contributed by atoms with Crippen molar-refractivity contribution in [2.45, 2.75) is 58.4 Å². The Labute approximate surface area is 208 Å². The largest absolute Gasteiger partial charge is 0.333 e. The summed E-state index contributed by atoms with van der Waals surface area (Å²) in [5.74, 6) is 1.10. The maximum Gasteiger partial charge on any atom is 0.266 e. The van der Waals surface area contributed by atoms with Crippen molar-refractivity contribution in [3.63, 3.8) is 0 Å². The first-order valence-electron chi connectivity index (χ1n) is 11.6. The van der Waals surface area contributed by atoms with Crippen molar-refractivity contribution in [2.75, 3.05) is 12.4 Å². The third-order valence-electron chi connectivity index (χ3n) is 5.79. The van der Waals surface area contributed by atoms with Gasteiger partial charge in [-0.15, -0.1) is 11.6 Å². The number of nitrogens with zero attached hydrogens (tertiary/aromatic N) is 3. The Morgan fingerprint density at radius 1 is 1.09 bits per heavy atom. The molecule has 0 saturated carbocycles. The Morgan fingerprint density at radius 2 is 1.82 bits per heavy atom. The topological polar surface area (TPSA) is 55.2 Å². The number of fused-ring (bicyclic) bond motifs is 1. The predicted octanol–water partition coefficient (Wildman–Crippen LogP) is 6.64. The van der Waals surface area contributed by atoms with Crippen LogP contribution in [0, 0.1) is 0 Å². The molecule has 3 aromatic rings. The predicted molar refractivity (Wildman–Crippen MR) is 139 cm³/mol. The first kappa shape index (κ1) is 25.4. The number of amides is 1. The maximum atomic E-state index is 13.7. The molecule has 2 aromatic carbocycles. The second-order valence-electron chi connectivity index (χ2n) is 8.11. The van der Waals surface area contributed by atoms with Crippen LogP contribution < -0.4 is 5.56 Å². The highest BCUT2D eigenvalue weighted by Crippen LogP contribution is 2.28. The summed E-state index contributed by atoms with van der Waals surface area (Å²) < 4.78 is 2.60. The summed E-state index contributed by atoms with van der Waals surface area (Å²) in [5, 5.41) is 0.560. The molecule has 1 heterocycles. The number of benzene rings is 2. The zero-order chi connectivity index (χ0) is 23.8. The molecule has 1 atom stereocenters. The number of para-hydroxylation sites is 1. The molecule has 0 spiro atoms. The van der Waals surface area contributed by atoms with Crippen LogP contribution in [0.25, 0.3) is 16.6 Å². The van der Waals surface area contributed by atoms with Crippen LogP contribution in [0.15, 0.2) is 57.8 Å². The molecular weight excluding hydrogens is 502 g/mol. The van der Waals surface area contributed by atoms with Crippen molar-refractivity contribution in [2.24, 2.45) is 0 Å². The van der Waals surface area contributed by atoms with E-state index in [0.29, 0.717) is 48.4 Å². The van der Waals surface area contributed by atoms with E-state index in [1.54, 1.807) is 10.6 Å². The molecule has 0 aliphatic carbocycles. The van der Waals surface area contributed by atoms with Crippen LogP contribution in [0.3, 0.4) is 0 Å². The minimum Gasteiger partial charge on any atom is -0.333 e. The van der Waals surface area contributed by atoms with Gasteiger partial charge in [0.25, 0.3) is 5.56 Å². The summed E-state index contributed by atoms with van der Waals surface area (Å²) in [4.78, 5) is 33.8. The molecule has 33 heavy (non-hydrogen) atoms. The summed E-state index contributed by atoms with van der Waals surface area (Å²) in [5.41, 5.74) is 1.25. The number of carbonyl (C=O) groups excluding carboxylic acids is 1. The Hall–Kier alpha value is -2.18. The molecule has 1 unspecified atom stereocenters. The maximum absolute atomic E-state index is 13.7. The Bertz CT molecular complexity index is 1130. The lowest BCUT2D eigenvalue weighted by Gasteiger charge is -2.32. The van der Waals surface area contributed by atoms with Crippen LogP contribution in [0.4, 0.5) is 0 Å². The number of hydrogen-bond donors (Lipinski definition) is 0. The van der Waals surface area contributed by atoms with E-state index in [1.165, 1.54) is 0 Å². The van der Waals surface area contributed by atoms with E-state index < -0.39 is 0 Å². The molecule has 0 aliphatic heterocycles. The molecule has 0 fully saturated rings. The second-order valence-corrected chi connectivity index (χ2v) is 9.41. The van der Waals surface area contributed by atoms with Gasteiger partial charge in [-0.3, -0.25) is 14.2 Å². The van der Waals surface area contributed by atoms with E-state index >= 15 is 0 Å². The van der Waals surface area contributed by atoms with Crippen LogP contribution in [0.1, 0.15) is 64.2 Å². The Balaban J connectivity index is 2.19.